The Morgan fingerprint density at radius 1 is 1.12 bits per heavy atom. The van der Waals surface area contributed by atoms with Gasteiger partial charge in [0.25, 0.3) is 0 Å². The highest BCUT2D eigenvalue weighted by Crippen LogP contribution is 2.31. The first kappa shape index (κ1) is 12.0. The summed E-state index contributed by atoms with van der Waals surface area (Å²) in [7, 11) is 0. The third-order valence-corrected chi connectivity index (χ3v) is 2.61. The van der Waals surface area contributed by atoms with E-state index in [0.717, 1.165) is 12.1 Å². The van der Waals surface area contributed by atoms with Gasteiger partial charge in [-0.3, -0.25) is 0 Å². The van der Waals surface area contributed by atoms with E-state index < -0.39 is 23.0 Å². The van der Waals surface area contributed by atoms with Crippen LogP contribution in [-0.2, 0) is 0 Å². The minimum atomic E-state index is -0.879. The normalized spacial score (nSPS) is 10.6. The molecule has 0 fully saturated rings. The maximum atomic E-state index is 13.7. The van der Waals surface area contributed by atoms with Gasteiger partial charge < -0.3 is 0 Å². The molecular weight excluding hydrogens is 249 g/mol. The van der Waals surface area contributed by atoms with Crippen molar-refractivity contribution >= 4 is 11.6 Å². The van der Waals surface area contributed by atoms with Crippen molar-refractivity contribution in [2.45, 2.75) is 6.92 Å². The van der Waals surface area contributed by atoms with Crippen LogP contribution in [0.2, 0.25) is 5.02 Å². The van der Waals surface area contributed by atoms with Crippen LogP contribution in [-0.4, -0.2) is 0 Å². The summed E-state index contributed by atoms with van der Waals surface area (Å²) in [5.74, 6) is -2.55. The van der Waals surface area contributed by atoms with Crippen LogP contribution in [0.15, 0.2) is 24.3 Å². The number of rotatable bonds is 1. The summed E-state index contributed by atoms with van der Waals surface area (Å²) in [6.07, 6.45) is 0. The zero-order chi connectivity index (χ0) is 12.6. The van der Waals surface area contributed by atoms with Crippen molar-refractivity contribution in [2.24, 2.45) is 0 Å². The fourth-order valence-electron chi connectivity index (χ4n) is 1.57. The molecule has 0 aliphatic heterocycles. The molecule has 0 aliphatic carbocycles. The number of halogens is 4. The Hall–Kier alpha value is -1.48. The van der Waals surface area contributed by atoms with E-state index in [9.17, 15) is 13.2 Å². The molecule has 4 heteroatoms. The van der Waals surface area contributed by atoms with E-state index in [1.807, 2.05) is 0 Å². The first-order chi connectivity index (χ1) is 8.00. The molecule has 0 saturated heterocycles. The monoisotopic (exact) mass is 255 g/mol. The smallest absolute Gasteiger partial charge is 0.150 e. The first-order valence-corrected chi connectivity index (χ1v) is 5.20. The quantitative estimate of drug-likeness (QED) is 0.702. The average Bonchev–Trinajstić information content (AvgIpc) is 2.23. The number of benzene rings is 2. The number of hydrogen-bond acceptors (Lipinski definition) is 0. The SMILES string of the molecule is Cc1cc(F)c(-c2[c]ccc(Cl)c2F)c(F)c1. The molecule has 0 aromatic heterocycles. The van der Waals surface area contributed by atoms with Gasteiger partial charge in [-0.2, -0.15) is 0 Å². The van der Waals surface area contributed by atoms with Gasteiger partial charge in [0, 0.05) is 5.56 Å². The fourth-order valence-corrected chi connectivity index (χ4v) is 1.73. The summed E-state index contributed by atoms with van der Waals surface area (Å²) in [5.41, 5.74) is -0.325. The molecule has 0 spiro atoms. The minimum absolute atomic E-state index is 0.196. The lowest BCUT2D eigenvalue weighted by atomic mass is 10.0. The zero-order valence-corrected chi connectivity index (χ0v) is 9.58. The second-order valence-electron chi connectivity index (χ2n) is 3.62. The van der Waals surface area contributed by atoms with Crippen LogP contribution < -0.4 is 0 Å². The molecular formula is C13H7ClF3. The van der Waals surface area contributed by atoms with Gasteiger partial charge in [0.2, 0.25) is 0 Å². The fraction of sp³-hybridized carbons (Fsp3) is 0.0769. The third kappa shape index (κ3) is 2.15. The van der Waals surface area contributed by atoms with Gasteiger partial charge in [-0.25, -0.2) is 13.2 Å². The van der Waals surface area contributed by atoms with E-state index in [-0.39, 0.29) is 10.6 Å². The van der Waals surface area contributed by atoms with Gasteiger partial charge in [-0.1, -0.05) is 17.7 Å². The number of aryl methyl sites for hydroxylation is 1. The molecule has 17 heavy (non-hydrogen) atoms. The van der Waals surface area contributed by atoms with Crippen LogP contribution in [0, 0.1) is 30.4 Å². The predicted octanol–water partition coefficient (Wildman–Crippen LogP) is 4.53. The lowest BCUT2D eigenvalue weighted by Gasteiger charge is -2.08. The Morgan fingerprint density at radius 2 is 1.71 bits per heavy atom. The molecule has 2 rings (SSSR count). The van der Waals surface area contributed by atoms with E-state index in [0.29, 0.717) is 5.56 Å². The van der Waals surface area contributed by atoms with Crippen LogP contribution in [0.5, 0.6) is 0 Å². The molecule has 0 bridgehead atoms. The van der Waals surface area contributed by atoms with Gasteiger partial charge >= 0.3 is 0 Å². The molecule has 0 saturated carbocycles. The van der Waals surface area contributed by atoms with Crippen molar-refractivity contribution in [2.75, 3.05) is 0 Å². The van der Waals surface area contributed by atoms with Crippen LogP contribution in [0.1, 0.15) is 5.56 Å². The second-order valence-corrected chi connectivity index (χ2v) is 4.03. The van der Waals surface area contributed by atoms with Crippen LogP contribution >= 0.6 is 11.6 Å². The maximum absolute atomic E-state index is 13.7. The highest BCUT2D eigenvalue weighted by Gasteiger charge is 2.17. The van der Waals surface area contributed by atoms with Crippen molar-refractivity contribution in [3.8, 4) is 11.1 Å². The molecule has 0 unspecified atom stereocenters. The van der Waals surface area contributed by atoms with E-state index in [1.165, 1.54) is 12.1 Å². The molecule has 0 aliphatic rings. The minimum Gasteiger partial charge on any atom is -0.206 e. The summed E-state index contributed by atoms with van der Waals surface area (Å²) in [6.45, 7) is 1.55. The van der Waals surface area contributed by atoms with Crippen molar-refractivity contribution in [1.82, 2.24) is 0 Å². The molecule has 1 radical (unpaired) electrons. The Bertz CT molecular complexity index is 556. The van der Waals surface area contributed by atoms with Crippen molar-refractivity contribution in [3.05, 3.63) is 58.4 Å². The summed E-state index contributed by atoms with van der Waals surface area (Å²) in [6, 6.07) is 7.31. The van der Waals surface area contributed by atoms with E-state index in [4.69, 9.17) is 11.6 Å². The Morgan fingerprint density at radius 3 is 2.29 bits per heavy atom. The van der Waals surface area contributed by atoms with Gasteiger partial charge in [0.05, 0.1) is 10.6 Å². The first-order valence-electron chi connectivity index (χ1n) is 4.82. The van der Waals surface area contributed by atoms with Crippen molar-refractivity contribution in [3.63, 3.8) is 0 Å². The van der Waals surface area contributed by atoms with E-state index >= 15 is 0 Å². The van der Waals surface area contributed by atoms with Gasteiger partial charge in [-0.15, -0.1) is 0 Å². The Kier molecular flexibility index (Phi) is 3.11. The topological polar surface area (TPSA) is 0 Å². The Labute approximate surface area is 102 Å². The van der Waals surface area contributed by atoms with E-state index in [1.54, 1.807) is 6.92 Å². The molecule has 0 N–H and O–H groups in total. The molecule has 0 nitrogen and oxygen atoms in total. The summed E-state index contributed by atoms with van der Waals surface area (Å²) >= 11 is 5.56. The highest BCUT2D eigenvalue weighted by atomic mass is 35.5. The standard InChI is InChI=1S/C13H7ClF3/c1-7-5-10(15)12(11(16)6-7)8-3-2-4-9(14)13(8)17/h2,4-6H,1H3. The maximum Gasteiger partial charge on any atom is 0.150 e. The highest BCUT2D eigenvalue weighted by molar-refractivity contribution is 6.31. The van der Waals surface area contributed by atoms with E-state index in [2.05, 4.69) is 6.07 Å². The second kappa shape index (κ2) is 4.41. The molecule has 0 atom stereocenters. The van der Waals surface area contributed by atoms with Gasteiger partial charge in [0.1, 0.15) is 17.5 Å². The summed E-state index contributed by atoms with van der Waals surface area (Å²) in [5, 5.41) is -0.196. The number of hydrogen-bond donors (Lipinski definition) is 0. The van der Waals surface area contributed by atoms with Crippen LogP contribution in [0.4, 0.5) is 13.2 Å². The third-order valence-electron chi connectivity index (χ3n) is 2.32. The van der Waals surface area contributed by atoms with Gasteiger partial charge in [0.15, 0.2) is 0 Å². The lowest BCUT2D eigenvalue weighted by Crippen LogP contribution is -1.95. The van der Waals surface area contributed by atoms with Gasteiger partial charge in [-0.05, 0) is 36.8 Å². The summed E-state index contributed by atoms with van der Waals surface area (Å²) in [4.78, 5) is 0. The Balaban J connectivity index is 2.73. The molecule has 0 heterocycles. The molecule has 87 valence electrons. The van der Waals surface area contributed by atoms with Crippen molar-refractivity contribution < 1.29 is 13.2 Å². The zero-order valence-electron chi connectivity index (χ0n) is 8.82. The lowest BCUT2D eigenvalue weighted by molar-refractivity contribution is 0.580. The molecule has 2 aromatic rings. The predicted molar refractivity (Wildman–Crippen MR) is 60.3 cm³/mol. The largest absolute Gasteiger partial charge is 0.206 e. The molecule has 2 aromatic carbocycles. The van der Waals surface area contributed by atoms with Crippen LogP contribution in [0.3, 0.4) is 0 Å². The van der Waals surface area contributed by atoms with Crippen molar-refractivity contribution in [1.29, 1.82) is 0 Å². The van der Waals surface area contributed by atoms with Crippen LogP contribution in [0.25, 0.3) is 11.1 Å². The molecule has 0 amide bonds. The average molecular weight is 256 g/mol. The summed E-state index contributed by atoms with van der Waals surface area (Å²) < 4.78 is 40.9.